The van der Waals surface area contributed by atoms with Crippen molar-refractivity contribution in [1.29, 1.82) is 0 Å². The van der Waals surface area contributed by atoms with Gasteiger partial charge in [0, 0.05) is 6.42 Å². The van der Waals surface area contributed by atoms with E-state index in [0.29, 0.717) is 6.42 Å². The number of ether oxygens (including phenoxy) is 2. The predicted octanol–water partition coefficient (Wildman–Crippen LogP) is 8.92. The highest BCUT2D eigenvalue weighted by Crippen LogP contribution is 2.23. The molecule has 1 saturated heterocycles. The van der Waals surface area contributed by atoms with E-state index >= 15 is 0 Å². The zero-order chi connectivity index (χ0) is 41.1. The zero-order valence-corrected chi connectivity index (χ0v) is 36.3. The average Bonchev–Trinajstić information content (AvgIpc) is 3.20. The fourth-order valence-corrected chi connectivity index (χ4v) is 7.91. The zero-order valence-electron chi connectivity index (χ0n) is 36.3. The molecule has 10 heteroatoms. The molecule has 0 radical (unpaired) electrons. The summed E-state index contributed by atoms with van der Waals surface area (Å²) in [5.74, 6) is -0.254. The highest BCUT2D eigenvalue weighted by atomic mass is 16.7. The SMILES string of the molecule is CCCCCCCCCCCCCCCCCCCCCCCC(=O)N[C@@H](CO[C@@H]1O[C@H](CO)[C@H](O)C(O)C1O)[C@H](O)[C@H](O)CCCCCCCCCCCC. The summed E-state index contributed by atoms with van der Waals surface area (Å²) < 4.78 is 11.1. The lowest BCUT2D eigenvalue weighted by atomic mass is 9.98. The molecular weight excluding hydrogens is 711 g/mol. The molecule has 0 aromatic carbocycles. The molecule has 0 aromatic rings. The van der Waals surface area contributed by atoms with Gasteiger partial charge < -0.3 is 45.4 Å². The Balaban J connectivity index is 2.30. The topological polar surface area (TPSA) is 169 Å². The van der Waals surface area contributed by atoms with Crippen molar-refractivity contribution in [2.45, 2.75) is 275 Å². The van der Waals surface area contributed by atoms with Crippen molar-refractivity contribution in [3.8, 4) is 0 Å². The van der Waals surface area contributed by atoms with Gasteiger partial charge in [-0.1, -0.05) is 206 Å². The molecule has 10 nitrogen and oxygen atoms in total. The minimum atomic E-state index is -1.60. The molecule has 1 aliphatic rings. The first-order valence-corrected chi connectivity index (χ1v) is 23.8. The Morgan fingerprint density at radius 2 is 0.929 bits per heavy atom. The van der Waals surface area contributed by atoms with Crippen LogP contribution in [0.1, 0.15) is 226 Å². The van der Waals surface area contributed by atoms with Gasteiger partial charge in [-0.05, 0) is 12.8 Å². The second kappa shape index (κ2) is 37.2. The first-order chi connectivity index (χ1) is 27.3. The number of hydrogen-bond acceptors (Lipinski definition) is 9. The largest absolute Gasteiger partial charge is 0.394 e. The summed E-state index contributed by atoms with van der Waals surface area (Å²) in [4.78, 5) is 13.0. The van der Waals surface area contributed by atoms with Gasteiger partial charge in [-0.15, -0.1) is 0 Å². The number of hydrogen-bond donors (Lipinski definition) is 7. The number of nitrogens with one attached hydrogen (secondary N) is 1. The Morgan fingerprint density at radius 3 is 1.32 bits per heavy atom. The van der Waals surface area contributed by atoms with E-state index in [1.807, 2.05) is 0 Å². The average molecular weight is 802 g/mol. The van der Waals surface area contributed by atoms with Crippen LogP contribution < -0.4 is 5.32 Å². The Labute approximate surface area is 343 Å². The van der Waals surface area contributed by atoms with E-state index in [1.165, 1.54) is 154 Å². The maximum absolute atomic E-state index is 13.0. The molecule has 1 fully saturated rings. The fraction of sp³-hybridized carbons (Fsp3) is 0.978. The molecule has 0 spiro atoms. The predicted molar refractivity (Wildman–Crippen MR) is 227 cm³/mol. The Morgan fingerprint density at radius 1 is 0.554 bits per heavy atom. The maximum Gasteiger partial charge on any atom is 0.220 e. The lowest BCUT2D eigenvalue weighted by molar-refractivity contribution is -0.303. The lowest BCUT2D eigenvalue weighted by Crippen LogP contribution is -2.60. The van der Waals surface area contributed by atoms with E-state index in [4.69, 9.17) is 9.47 Å². The van der Waals surface area contributed by atoms with E-state index in [0.717, 1.165) is 44.9 Å². The molecule has 0 bridgehead atoms. The minimum absolute atomic E-state index is 0.254. The lowest BCUT2D eigenvalue weighted by Gasteiger charge is -2.40. The third kappa shape index (κ3) is 27.0. The van der Waals surface area contributed by atoms with E-state index < -0.39 is 55.6 Å². The number of unbranched alkanes of at least 4 members (excludes halogenated alkanes) is 29. The van der Waals surface area contributed by atoms with Gasteiger partial charge in [-0.3, -0.25) is 4.79 Å². The van der Waals surface area contributed by atoms with Gasteiger partial charge in [0.15, 0.2) is 6.29 Å². The Hall–Kier alpha value is -0.850. The first-order valence-electron chi connectivity index (χ1n) is 23.8. The second-order valence-corrected chi connectivity index (χ2v) is 17.1. The molecule has 0 saturated carbocycles. The molecule has 0 aliphatic carbocycles. The standard InChI is InChI=1S/C46H91NO9/c1-3-5-7-9-11-13-15-16-17-18-19-20-21-22-23-24-25-27-29-31-33-35-41(50)47-38(37-55-46-45(54)44(53)43(52)40(36-48)56-46)42(51)39(49)34-32-30-28-26-14-12-10-8-6-4-2/h38-40,42-46,48-49,51-54H,3-37H2,1-2H3,(H,47,50)/t38-,39+,40+,42-,43-,44?,45?,46+/m0/s1. The highest BCUT2D eigenvalue weighted by molar-refractivity contribution is 5.76. The third-order valence-electron chi connectivity index (χ3n) is 11.8. The monoisotopic (exact) mass is 802 g/mol. The van der Waals surface area contributed by atoms with Crippen molar-refractivity contribution < 1.29 is 44.9 Å². The molecule has 334 valence electrons. The Bertz CT molecular complexity index is 864. The van der Waals surface area contributed by atoms with Crippen LogP contribution >= 0.6 is 0 Å². The van der Waals surface area contributed by atoms with Crippen LogP contribution in [-0.4, -0.2) is 98.7 Å². The normalized spacial score (nSPS) is 21.6. The van der Waals surface area contributed by atoms with Gasteiger partial charge >= 0.3 is 0 Å². The number of rotatable bonds is 40. The van der Waals surface area contributed by atoms with E-state index in [2.05, 4.69) is 19.2 Å². The number of carbonyl (C=O) groups is 1. The molecular formula is C46H91NO9. The van der Waals surface area contributed by atoms with Crippen LogP contribution in [0.25, 0.3) is 0 Å². The minimum Gasteiger partial charge on any atom is -0.394 e. The van der Waals surface area contributed by atoms with E-state index in [9.17, 15) is 35.4 Å². The molecule has 1 amide bonds. The summed E-state index contributed by atoms with van der Waals surface area (Å²) in [6.07, 6.45) is 29.8. The summed E-state index contributed by atoms with van der Waals surface area (Å²) in [5, 5.41) is 65.1. The Kier molecular flexibility index (Phi) is 35.3. The van der Waals surface area contributed by atoms with Crippen molar-refractivity contribution in [2.24, 2.45) is 0 Å². The van der Waals surface area contributed by atoms with E-state index in [-0.39, 0.29) is 18.9 Å². The smallest absolute Gasteiger partial charge is 0.220 e. The van der Waals surface area contributed by atoms with Crippen LogP contribution in [0.4, 0.5) is 0 Å². The van der Waals surface area contributed by atoms with Crippen molar-refractivity contribution in [3.05, 3.63) is 0 Å². The van der Waals surface area contributed by atoms with Gasteiger partial charge in [0.1, 0.15) is 30.5 Å². The van der Waals surface area contributed by atoms with Crippen LogP contribution in [0.5, 0.6) is 0 Å². The third-order valence-corrected chi connectivity index (χ3v) is 11.8. The van der Waals surface area contributed by atoms with Gasteiger partial charge in [-0.2, -0.15) is 0 Å². The number of carbonyl (C=O) groups excluding carboxylic acids is 1. The summed E-state index contributed by atoms with van der Waals surface area (Å²) in [7, 11) is 0. The molecule has 2 unspecified atom stereocenters. The van der Waals surface area contributed by atoms with Gasteiger partial charge in [0.2, 0.25) is 5.91 Å². The fourth-order valence-electron chi connectivity index (χ4n) is 7.91. The highest BCUT2D eigenvalue weighted by Gasteiger charge is 2.44. The molecule has 8 atom stereocenters. The summed E-state index contributed by atoms with van der Waals surface area (Å²) in [5.41, 5.74) is 0. The van der Waals surface area contributed by atoms with Crippen LogP contribution in [0.15, 0.2) is 0 Å². The molecule has 0 aromatic heterocycles. The molecule has 7 N–H and O–H groups in total. The van der Waals surface area contributed by atoms with Crippen molar-refractivity contribution in [3.63, 3.8) is 0 Å². The van der Waals surface area contributed by atoms with Crippen LogP contribution in [0.3, 0.4) is 0 Å². The maximum atomic E-state index is 13.0. The molecule has 1 heterocycles. The van der Waals surface area contributed by atoms with Crippen LogP contribution in [0, 0.1) is 0 Å². The summed E-state index contributed by atoms with van der Waals surface area (Å²) in [6.45, 7) is 3.60. The van der Waals surface area contributed by atoms with Crippen molar-refractivity contribution >= 4 is 5.91 Å². The molecule has 1 aliphatic heterocycles. The van der Waals surface area contributed by atoms with Crippen LogP contribution in [-0.2, 0) is 14.3 Å². The second-order valence-electron chi connectivity index (χ2n) is 17.1. The molecule has 56 heavy (non-hydrogen) atoms. The quantitative estimate of drug-likeness (QED) is 0.0299. The number of aliphatic hydroxyl groups is 6. The number of aliphatic hydroxyl groups excluding tert-OH is 6. The van der Waals surface area contributed by atoms with E-state index in [1.54, 1.807) is 0 Å². The van der Waals surface area contributed by atoms with Crippen molar-refractivity contribution in [1.82, 2.24) is 5.32 Å². The van der Waals surface area contributed by atoms with Gasteiger partial charge in [0.05, 0.1) is 25.4 Å². The van der Waals surface area contributed by atoms with Gasteiger partial charge in [0.25, 0.3) is 0 Å². The van der Waals surface area contributed by atoms with Gasteiger partial charge in [-0.25, -0.2) is 0 Å². The van der Waals surface area contributed by atoms with Crippen molar-refractivity contribution in [2.75, 3.05) is 13.2 Å². The number of amides is 1. The summed E-state index contributed by atoms with van der Waals surface area (Å²) in [6, 6.07) is -0.983. The molecule has 1 rings (SSSR count). The van der Waals surface area contributed by atoms with Crippen LogP contribution in [0.2, 0.25) is 0 Å². The first kappa shape index (κ1) is 53.2. The summed E-state index contributed by atoms with van der Waals surface area (Å²) >= 11 is 0.